The van der Waals surface area contributed by atoms with Gasteiger partial charge in [-0.15, -0.1) is 9.78 Å². The SMILES string of the molecule is Cc1ccc(C)c(C[N+]2=C(n3nc(C)cc3C)N=C3C2C(=O)N(CC(N)=O)C(=O)N3C)c1. The molecule has 1 atom stereocenters. The van der Waals surface area contributed by atoms with Crippen LogP contribution in [0, 0.1) is 27.7 Å². The molecule has 0 radical (unpaired) electrons. The quantitative estimate of drug-likeness (QED) is 0.710. The Morgan fingerprint density at radius 2 is 1.88 bits per heavy atom. The molecule has 0 bridgehead atoms. The summed E-state index contributed by atoms with van der Waals surface area (Å²) in [5.74, 6) is -0.547. The molecule has 2 N–H and O–H groups in total. The minimum atomic E-state index is -0.879. The van der Waals surface area contributed by atoms with Gasteiger partial charge >= 0.3 is 12.0 Å². The molecule has 10 nitrogen and oxygen atoms in total. The van der Waals surface area contributed by atoms with Crippen molar-refractivity contribution >= 4 is 29.6 Å². The van der Waals surface area contributed by atoms with E-state index < -0.39 is 30.4 Å². The molecule has 1 saturated heterocycles. The van der Waals surface area contributed by atoms with Crippen LogP contribution in [-0.4, -0.2) is 73.4 Å². The Kier molecular flexibility index (Phi) is 5.15. The second kappa shape index (κ2) is 7.70. The molecule has 4 amide bonds. The number of nitrogens with two attached hydrogens (primary N) is 1. The summed E-state index contributed by atoms with van der Waals surface area (Å²) >= 11 is 0. The smallest absolute Gasteiger partial charge is 0.368 e. The van der Waals surface area contributed by atoms with E-state index in [1.165, 1.54) is 11.9 Å². The molecule has 1 unspecified atom stereocenters. The average molecular weight is 436 g/mol. The maximum absolute atomic E-state index is 13.4. The molecule has 2 aliphatic heterocycles. The van der Waals surface area contributed by atoms with Gasteiger partial charge in [0, 0.05) is 7.05 Å². The highest BCUT2D eigenvalue weighted by Crippen LogP contribution is 2.23. The molecular formula is C22H26N7O3+. The predicted molar refractivity (Wildman–Crippen MR) is 117 cm³/mol. The van der Waals surface area contributed by atoms with E-state index in [0.29, 0.717) is 18.3 Å². The Labute approximate surface area is 185 Å². The normalized spacial score (nSPS) is 18.4. The van der Waals surface area contributed by atoms with E-state index in [0.717, 1.165) is 33.0 Å². The van der Waals surface area contributed by atoms with E-state index in [9.17, 15) is 14.4 Å². The van der Waals surface area contributed by atoms with E-state index in [4.69, 9.17) is 5.73 Å². The number of aryl methyl sites for hydroxylation is 4. The minimum Gasteiger partial charge on any atom is -0.368 e. The lowest BCUT2D eigenvalue weighted by molar-refractivity contribution is -0.553. The average Bonchev–Trinajstić information content (AvgIpc) is 3.25. The Balaban J connectivity index is 1.89. The number of benzene rings is 1. The first-order valence-corrected chi connectivity index (χ1v) is 10.3. The molecule has 32 heavy (non-hydrogen) atoms. The topological polar surface area (TPSA) is 117 Å². The van der Waals surface area contributed by atoms with E-state index in [-0.39, 0.29) is 0 Å². The molecule has 4 rings (SSSR count). The molecule has 10 heteroatoms. The summed E-state index contributed by atoms with van der Waals surface area (Å²) in [4.78, 5) is 44.6. The molecule has 1 fully saturated rings. The number of carbonyl (C=O) groups is 3. The molecule has 1 aromatic carbocycles. The van der Waals surface area contributed by atoms with Crippen molar-refractivity contribution in [2.24, 2.45) is 10.7 Å². The third kappa shape index (κ3) is 3.47. The van der Waals surface area contributed by atoms with Gasteiger partial charge in [0.05, 0.1) is 12.2 Å². The molecule has 3 heterocycles. The van der Waals surface area contributed by atoms with Crippen LogP contribution < -0.4 is 5.73 Å². The van der Waals surface area contributed by atoms with Crippen LogP contribution in [-0.2, 0) is 16.1 Å². The summed E-state index contributed by atoms with van der Waals surface area (Å²) in [6, 6.07) is 6.53. The Bertz CT molecular complexity index is 1220. The van der Waals surface area contributed by atoms with Gasteiger partial charge in [-0.05, 0) is 44.9 Å². The van der Waals surface area contributed by atoms with Crippen LogP contribution in [0.1, 0.15) is 28.1 Å². The van der Waals surface area contributed by atoms with Gasteiger partial charge in [0.25, 0.3) is 5.91 Å². The van der Waals surface area contributed by atoms with Crippen molar-refractivity contribution in [1.29, 1.82) is 0 Å². The first kappa shape index (κ1) is 21.4. The molecule has 0 saturated carbocycles. The number of amidine groups is 1. The van der Waals surface area contributed by atoms with Crippen LogP contribution in [0.5, 0.6) is 0 Å². The molecule has 2 aromatic rings. The third-order valence-electron chi connectivity index (χ3n) is 5.75. The van der Waals surface area contributed by atoms with E-state index in [1.54, 1.807) is 4.68 Å². The summed E-state index contributed by atoms with van der Waals surface area (Å²) in [6.45, 7) is 7.68. The van der Waals surface area contributed by atoms with E-state index in [1.807, 2.05) is 50.5 Å². The van der Waals surface area contributed by atoms with Crippen LogP contribution in [0.2, 0.25) is 0 Å². The molecule has 1 aromatic heterocycles. The zero-order valence-corrected chi connectivity index (χ0v) is 18.8. The highest BCUT2D eigenvalue weighted by molar-refractivity contribution is 6.23. The minimum absolute atomic E-state index is 0.300. The van der Waals surface area contributed by atoms with Crippen molar-refractivity contribution in [3.05, 3.63) is 52.3 Å². The molecule has 166 valence electrons. The fourth-order valence-corrected chi connectivity index (χ4v) is 4.12. The fourth-order valence-electron chi connectivity index (χ4n) is 4.12. The van der Waals surface area contributed by atoms with Gasteiger partial charge in [-0.3, -0.25) is 19.4 Å². The van der Waals surface area contributed by atoms with Crippen LogP contribution >= 0.6 is 0 Å². The predicted octanol–water partition coefficient (Wildman–Crippen LogP) is 0.694. The fraction of sp³-hybridized carbons (Fsp3) is 0.364. The maximum Gasteiger partial charge on any atom is 0.421 e. The highest BCUT2D eigenvalue weighted by Gasteiger charge is 2.53. The summed E-state index contributed by atoms with van der Waals surface area (Å²) in [6.07, 6.45) is 0. The van der Waals surface area contributed by atoms with Gasteiger partial charge in [-0.1, -0.05) is 28.8 Å². The lowest BCUT2D eigenvalue weighted by Gasteiger charge is -2.33. The molecule has 2 aliphatic rings. The number of aliphatic imine (C=N–C) groups is 1. The van der Waals surface area contributed by atoms with Gasteiger partial charge in [-0.2, -0.15) is 0 Å². The van der Waals surface area contributed by atoms with Crippen LogP contribution in [0.3, 0.4) is 0 Å². The zero-order valence-electron chi connectivity index (χ0n) is 18.8. The number of imide groups is 1. The highest BCUT2D eigenvalue weighted by atomic mass is 16.2. The van der Waals surface area contributed by atoms with Gasteiger partial charge < -0.3 is 5.73 Å². The second-order valence-corrected chi connectivity index (χ2v) is 8.30. The number of hydrogen-bond donors (Lipinski definition) is 1. The van der Waals surface area contributed by atoms with Gasteiger partial charge in [0.2, 0.25) is 17.8 Å². The first-order valence-electron chi connectivity index (χ1n) is 10.3. The van der Waals surface area contributed by atoms with E-state index >= 15 is 0 Å². The van der Waals surface area contributed by atoms with Crippen molar-refractivity contribution in [2.45, 2.75) is 40.3 Å². The first-order chi connectivity index (χ1) is 15.1. The summed E-state index contributed by atoms with van der Waals surface area (Å²) < 4.78 is 3.51. The molecule has 0 aliphatic carbocycles. The Morgan fingerprint density at radius 1 is 1.16 bits per heavy atom. The number of hydrogen-bond acceptors (Lipinski definition) is 5. The number of urea groups is 1. The number of likely N-dealkylation sites (N-methyl/N-ethyl adjacent to an activating group) is 1. The van der Waals surface area contributed by atoms with Crippen LogP contribution in [0.4, 0.5) is 4.79 Å². The van der Waals surface area contributed by atoms with Gasteiger partial charge in [-0.25, -0.2) is 9.37 Å². The Hall–Kier alpha value is -3.82. The lowest BCUT2D eigenvalue weighted by Crippen LogP contribution is -2.63. The number of carbonyl (C=O) groups excluding carboxylic acids is 3. The van der Waals surface area contributed by atoms with Crippen molar-refractivity contribution in [1.82, 2.24) is 19.6 Å². The summed E-state index contributed by atoms with van der Waals surface area (Å²) in [5.41, 5.74) is 10.1. The number of nitrogens with zero attached hydrogens (tertiary/aromatic N) is 6. The van der Waals surface area contributed by atoms with Crippen LogP contribution in [0.15, 0.2) is 29.3 Å². The van der Waals surface area contributed by atoms with Crippen molar-refractivity contribution in [3.63, 3.8) is 0 Å². The van der Waals surface area contributed by atoms with Crippen molar-refractivity contribution in [2.75, 3.05) is 13.6 Å². The number of fused-ring (bicyclic) bond motifs is 1. The largest absolute Gasteiger partial charge is 0.421 e. The second-order valence-electron chi connectivity index (χ2n) is 8.30. The van der Waals surface area contributed by atoms with Crippen molar-refractivity contribution < 1.29 is 19.0 Å². The number of aromatic nitrogens is 2. The summed E-state index contributed by atoms with van der Waals surface area (Å²) in [7, 11) is 1.54. The maximum atomic E-state index is 13.4. The zero-order chi connectivity index (χ0) is 23.3. The van der Waals surface area contributed by atoms with Gasteiger partial charge in [0.15, 0.2) is 0 Å². The van der Waals surface area contributed by atoms with Gasteiger partial charge in [0.1, 0.15) is 12.2 Å². The Morgan fingerprint density at radius 3 is 2.50 bits per heavy atom. The van der Waals surface area contributed by atoms with E-state index in [2.05, 4.69) is 16.2 Å². The third-order valence-corrected chi connectivity index (χ3v) is 5.75. The number of amides is 4. The lowest BCUT2D eigenvalue weighted by atomic mass is 10.0. The number of primary amides is 1. The molecule has 0 spiro atoms. The standard InChI is InChI=1S/C22H25N7O3/c1-12-6-7-13(2)16(8-12)10-27-18-19(24-21(27)29-15(4)9-14(3)25-29)26(5)22(32)28(20(18)31)11-17(23)30/h6-9,18H,10-11H2,1-5H3,(H-,23,30)/p+1. The monoisotopic (exact) mass is 436 g/mol. The summed E-state index contributed by atoms with van der Waals surface area (Å²) in [5, 5.41) is 4.55. The van der Waals surface area contributed by atoms with Crippen LogP contribution in [0.25, 0.3) is 0 Å². The van der Waals surface area contributed by atoms with Crippen molar-refractivity contribution in [3.8, 4) is 0 Å². The number of rotatable bonds is 4. The molecular weight excluding hydrogens is 410 g/mol.